The van der Waals surface area contributed by atoms with Gasteiger partial charge in [0.2, 0.25) is 0 Å². The Balaban J connectivity index is 1.76. The number of aliphatic hydroxyl groups excluding tert-OH is 1. The average Bonchev–Trinajstić information content (AvgIpc) is 3.17. The minimum absolute atomic E-state index is 0.00572. The second kappa shape index (κ2) is 11.5. The van der Waals surface area contributed by atoms with Gasteiger partial charge in [-0.05, 0) is 36.8 Å². The van der Waals surface area contributed by atoms with Gasteiger partial charge in [-0.15, -0.1) is 0 Å². The van der Waals surface area contributed by atoms with Gasteiger partial charge in [0.1, 0.15) is 23.0 Å². The molecule has 4 rings (SSSR count). The van der Waals surface area contributed by atoms with E-state index in [9.17, 15) is 14.7 Å². The van der Waals surface area contributed by atoms with E-state index in [4.69, 9.17) is 18.9 Å². The van der Waals surface area contributed by atoms with Crippen LogP contribution in [0, 0.1) is 0 Å². The van der Waals surface area contributed by atoms with Gasteiger partial charge in [-0.1, -0.05) is 12.1 Å². The van der Waals surface area contributed by atoms with Crippen LogP contribution in [0.5, 0.6) is 17.2 Å². The van der Waals surface area contributed by atoms with E-state index in [1.54, 1.807) is 49.6 Å². The molecule has 0 aliphatic carbocycles. The maximum absolute atomic E-state index is 13.3. The molecule has 2 aliphatic rings. The van der Waals surface area contributed by atoms with Crippen LogP contribution in [0.1, 0.15) is 23.6 Å². The van der Waals surface area contributed by atoms with Crippen LogP contribution in [-0.4, -0.2) is 87.3 Å². The topological polar surface area (TPSA) is 97.8 Å². The maximum Gasteiger partial charge on any atom is 0.295 e. The molecular formula is C27H32N2O7. The highest BCUT2D eigenvalue weighted by atomic mass is 16.5. The van der Waals surface area contributed by atoms with Crippen LogP contribution in [0.25, 0.3) is 5.76 Å². The van der Waals surface area contributed by atoms with Crippen molar-refractivity contribution in [2.45, 2.75) is 12.5 Å². The number of ether oxygens (including phenoxy) is 4. The van der Waals surface area contributed by atoms with E-state index in [0.717, 1.165) is 19.6 Å². The third kappa shape index (κ3) is 5.17. The number of benzene rings is 2. The van der Waals surface area contributed by atoms with E-state index in [1.807, 2.05) is 0 Å². The summed E-state index contributed by atoms with van der Waals surface area (Å²) in [5.74, 6) is -0.108. The van der Waals surface area contributed by atoms with Gasteiger partial charge in [0, 0.05) is 37.3 Å². The molecule has 1 N–H and O–H groups in total. The number of likely N-dealkylation sites (tertiary alicyclic amines) is 1. The summed E-state index contributed by atoms with van der Waals surface area (Å²) < 4.78 is 21.7. The van der Waals surface area contributed by atoms with Crippen LogP contribution >= 0.6 is 0 Å². The number of hydrogen-bond donors (Lipinski definition) is 1. The van der Waals surface area contributed by atoms with Crippen molar-refractivity contribution >= 4 is 17.4 Å². The summed E-state index contributed by atoms with van der Waals surface area (Å²) in [5, 5.41) is 11.3. The molecule has 0 spiro atoms. The Kier molecular flexibility index (Phi) is 8.12. The standard InChI is InChI=1S/C27H32N2O7/c1-33-19-7-4-6-18(16-19)25(30)23-24(21-17-20(34-2)8-9-22(21)35-3)29(27(32)26(23)31)11-5-10-28-12-14-36-15-13-28/h4,6-9,16-17,24,30H,5,10-15H2,1-3H3/t24-/m1/s1. The fourth-order valence-corrected chi connectivity index (χ4v) is 4.70. The fraction of sp³-hybridized carbons (Fsp3) is 0.407. The molecule has 2 heterocycles. The molecule has 1 atom stereocenters. The molecule has 2 aromatic rings. The third-order valence-corrected chi connectivity index (χ3v) is 6.59. The molecule has 36 heavy (non-hydrogen) atoms. The number of Topliss-reactive ketones (excluding diaryl/α,β-unsaturated/α-hetero) is 1. The zero-order valence-electron chi connectivity index (χ0n) is 20.9. The van der Waals surface area contributed by atoms with Crippen LogP contribution in [0.4, 0.5) is 0 Å². The van der Waals surface area contributed by atoms with Gasteiger partial charge >= 0.3 is 0 Å². The molecule has 2 aromatic carbocycles. The van der Waals surface area contributed by atoms with Crippen molar-refractivity contribution in [2.24, 2.45) is 0 Å². The van der Waals surface area contributed by atoms with Gasteiger partial charge in [0.05, 0.1) is 46.2 Å². The molecular weight excluding hydrogens is 464 g/mol. The zero-order chi connectivity index (χ0) is 25.7. The molecule has 2 aliphatic heterocycles. The summed E-state index contributed by atoms with van der Waals surface area (Å²) in [7, 11) is 4.59. The largest absolute Gasteiger partial charge is 0.507 e. The van der Waals surface area contributed by atoms with Crippen molar-refractivity contribution in [3.8, 4) is 17.2 Å². The number of carbonyl (C=O) groups excluding carboxylic acids is 2. The average molecular weight is 497 g/mol. The number of carbonyl (C=O) groups is 2. The van der Waals surface area contributed by atoms with Crippen molar-refractivity contribution in [1.82, 2.24) is 9.80 Å². The Hall–Kier alpha value is -3.56. The SMILES string of the molecule is COc1cccc(C(O)=C2C(=O)C(=O)N(CCCN3CCOCC3)[C@@H]2c2cc(OC)ccc2OC)c1. The van der Waals surface area contributed by atoms with Gasteiger partial charge in [-0.3, -0.25) is 14.5 Å². The zero-order valence-corrected chi connectivity index (χ0v) is 20.9. The molecule has 2 fully saturated rings. The van der Waals surface area contributed by atoms with Crippen LogP contribution in [0.2, 0.25) is 0 Å². The first-order valence-corrected chi connectivity index (χ1v) is 11.9. The number of rotatable bonds is 9. The summed E-state index contributed by atoms with van der Waals surface area (Å²) in [4.78, 5) is 30.4. The lowest BCUT2D eigenvalue weighted by Crippen LogP contribution is -2.39. The lowest BCUT2D eigenvalue weighted by Gasteiger charge is -2.29. The monoisotopic (exact) mass is 496 g/mol. The van der Waals surface area contributed by atoms with E-state index in [-0.39, 0.29) is 11.3 Å². The van der Waals surface area contributed by atoms with Gasteiger partial charge in [0.25, 0.3) is 11.7 Å². The van der Waals surface area contributed by atoms with Crippen LogP contribution in [-0.2, 0) is 14.3 Å². The number of morpholine rings is 1. The van der Waals surface area contributed by atoms with E-state index < -0.39 is 17.7 Å². The normalized spacial score (nSPS) is 20.0. The second-order valence-electron chi connectivity index (χ2n) is 8.64. The molecule has 192 valence electrons. The van der Waals surface area contributed by atoms with Gasteiger partial charge in [-0.25, -0.2) is 0 Å². The predicted molar refractivity (Wildman–Crippen MR) is 133 cm³/mol. The predicted octanol–water partition coefficient (Wildman–Crippen LogP) is 2.86. The first kappa shape index (κ1) is 25.5. The highest BCUT2D eigenvalue weighted by Gasteiger charge is 2.47. The second-order valence-corrected chi connectivity index (χ2v) is 8.64. The molecule has 9 nitrogen and oxygen atoms in total. The fourth-order valence-electron chi connectivity index (χ4n) is 4.70. The Morgan fingerprint density at radius 2 is 1.69 bits per heavy atom. The summed E-state index contributed by atoms with van der Waals surface area (Å²) in [6.45, 7) is 4.15. The van der Waals surface area contributed by atoms with Crippen molar-refractivity contribution in [1.29, 1.82) is 0 Å². The molecule has 0 aromatic heterocycles. The number of amides is 1. The lowest BCUT2D eigenvalue weighted by molar-refractivity contribution is -0.140. The van der Waals surface area contributed by atoms with Crippen LogP contribution in [0.15, 0.2) is 48.0 Å². The number of nitrogens with zero attached hydrogens (tertiary/aromatic N) is 2. The third-order valence-electron chi connectivity index (χ3n) is 6.59. The quantitative estimate of drug-likeness (QED) is 0.322. The molecule has 0 saturated carbocycles. The Bertz CT molecular complexity index is 1140. The highest BCUT2D eigenvalue weighted by molar-refractivity contribution is 6.46. The summed E-state index contributed by atoms with van der Waals surface area (Å²) in [6.07, 6.45) is 0.662. The van der Waals surface area contributed by atoms with E-state index in [0.29, 0.717) is 54.6 Å². The number of methoxy groups -OCH3 is 3. The van der Waals surface area contributed by atoms with Gasteiger partial charge in [0.15, 0.2) is 0 Å². The Labute approximate surface area is 210 Å². The van der Waals surface area contributed by atoms with Crippen LogP contribution in [0.3, 0.4) is 0 Å². The van der Waals surface area contributed by atoms with Crippen molar-refractivity contribution in [2.75, 3.05) is 60.7 Å². The number of hydrogen-bond acceptors (Lipinski definition) is 8. The minimum Gasteiger partial charge on any atom is -0.507 e. The molecule has 0 unspecified atom stereocenters. The van der Waals surface area contributed by atoms with E-state index in [2.05, 4.69) is 4.90 Å². The molecule has 9 heteroatoms. The van der Waals surface area contributed by atoms with E-state index >= 15 is 0 Å². The van der Waals surface area contributed by atoms with Gasteiger partial charge in [-0.2, -0.15) is 0 Å². The maximum atomic E-state index is 13.3. The molecule has 1 amide bonds. The minimum atomic E-state index is -0.842. The molecule has 2 saturated heterocycles. The summed E-state index contributed by atoms with van der Waals surface area (Å²) in [5.41, 5.74) is 0.950. The lowest BCUT2D eigenvalue weighted by atomic mass is 9.94. The highest BCUT2D eigenvalue weighted by Crippen LogP contribution is 2.44. The Morgan fingerprint density at radius 1 is 0.972 bits per heavy atom. The molecule has 0 radical (unpaired) electrons. The Morgan fingerprint density at radius 3 is 2.39 bits per heavy atom. The first-order valence-electron chi connectivity index (χ1n) is 11.9. The summed E-state index contributed by atoms with van der Waals surface area (Å²) >= 11 is 0. The number of aliphatic hydroxyl groups is 1. The van der Waals surface area contributed by atoms with Crippen molar-refractivity contribution in [3.05, 3.63) is 59.2 Å². The smallest absolute Gasteiger partial charge is 0.295 e. The van der Waals surface area contributed by atoms with Crippen LogP contribution < -0.4 is 14.2 Å². The first-order chi connectivity index (χ1) is 17.5. The molecule has 0 bridgehead atoms. The number of ketones is 1. The van der Waals surface area contributed by atoms with Gasteiger partial charge < -0.3 is 29.0 Å². The summed E-state index contributed by atoms with van der Waals surface area (Å²) in [6, 6.07) is 11.1. The van der Waals surface area contributed by atoms with E-state index in [1.165, 1.54) is 19.1 Å². The van der Waals surface area contributed by atoms with Crippen molar-refractivity contribution in [3.63, 3.8) is 0 Å². The van der Waals surface area contributed by atoms with Crippen molar-refractivity contribution < 1.29 is 33.6 Å².